The Morgan fingerprint density at radius 3 is 2.58 bits per heavy atom. The summed E-state index contributed by atoms with van der Waals surface area (Å²) in [6.45, 7) is 8.04. The second-order valence-corrected chi connectivity index (χ2v) is 6.94. The summed E-state index contributed by atoms with van der Waals surface area (Å²) in [5, 5.41) is 2.79. The van der Waals surface area contributed by atoms with Gasteiger partial charge in [0.2, 0.25) is 0 Å². The first-order valence-electron chi connectivity index (χ1n) is 6.28. The number of aryl methyl sites for hydroxylation is 1. The lowest BCUT2D eigenvalue weighted by Crippen LogP contribution is -2.18. The summed E-state index contributed by atoms with van der Waals surface area (Å²) in [4.78, 5) is 1.18. The zero-order valence-electron chi connectivity index (χ0n) is 12.1. The predicted octanol–water partition coefficient (Wildman–Crippen LogP) is 4.24. The molecule has 0 saturated heterocycles. The number of hydrogen-bond donors (Lipinski definition) is 1. The summed E-state index contributed by atoms with van der Waals surface area (Å²) in [7, 11) is -3.30. The van der Waals surface area contributed by atoms with Crippen molar-refractivity contribution in [3.63, 3.8) is 0 Å². The van der Waals surface area contributed by atoms with E-state index in [0.29, 0.717) is 12.3 Å². The van der Waals surface area contributed by atoms with Crippen LogP contribution < -0.4 is 9.61 Å². The molecule has 1 rings (SSSR count). The molecule has 0 aliphatic heterocycles. The third-order valence-electron chi connectivity index (χ3n) is 2.29. The fourth-order valence-electron chi connectivity index (χ4n) is 1.61. The topological polar surface area (TPSA) is 47.6 Å². The van der Waals surface area contributed by atoms with Crippen molar-refractivity contribution in [1.29, 1.82) is 0 Å². The lowest BCUT2D eigenvalue weighted by molar-refractivity contribution is 0.202. The highest BCUT2D eigenvalue weighted by Gasteiger charge is 2.26. The molecule has 6 heteroatoms. The van der Waals surface area contributed by atoms with Gasteiger partial charge in [0.25, 0.3) is 0 Å². The van der Waals surface area contributed by atoms with Gasteiger partial charge in [0.05, 0.1) is 6.10 Å². The minimum atomic E-state index is -3.30. The van der Waals surface area contributed by atoms with Gasteiger partial charge in [0.15, 0.2) is 0 Å². The Labute approximate surface area is 119 Å². The van der Waals surface area contributed by atoms with Crippen LogP contribution in [0.2, 0.25) is 0 Å². The molecule has 1 aromatic carbocycles. The number of benzene rings is 1. The summed E-state index contributed by atoms with van der Waals surface area (Å²) in [6.07, 6.45) is 1.85. The van der Waals surface area contributed by atoms with Crippen molar-refractivity contribution >= 4 is 19.5 Å². The van der Waals surface area contributed by atoms with Gasteiger partial charge >= 0.3 is 7.75 Å². The Bertz CT molecular complexity index is 465. The van der Waals surface area contributed by atoms with Gasteiger partial charge in [-0.1, -0.05) is 6.92 Å². The summed E-state index contributed by atoms with van der Waals surface area (Å²) < 4.78 is 23.4. The first-order valence-corrected chi connectivity index (χ1v) is 9.04. The summed E-state index contributed by atoms with van der Waals surface area (Å²) in [6, 6.07) is 5.65. The molecule has 0 aliphatic rings. The molecule has 108 valence electrons. The highest BCUT2D eigenvalue weighted by molar-refractivity contribution is 7.98. The molecule has 1 aromatic rings. The Kier molecular flexibility index (Phi) is 6.40. The van der Waals surface area contributed by atoms with Crippen LogP contribution >= 0.6 is 19.5 Å². The summed E-state index contributed by atoms with van der Waals surface area (Å²) in [5.74, 6) is 0.556. The van der Waals surface area contributed by atoms with Gasteiger partial charge in [-0.25, -0.2) is 9.65 Å². The number of thioether (sulfide) groups is 1. The van der Waals surface area contributed by atoms with Gasteiger partial charge in [-0.3, -0.25) is 4.52 Å². The molecule has 0 spiro atoms. The van der Waals surface area contributed by atoms with Crippen LogP contribution in [0.4, 0.5) is 0 Å². The predicted molar refractivity (Wildman–Crippen MR) is 81.1 cm³/mol. The van der Waals surface area contributed by atoms with Crippen molar-refractivity contribution in [1.82, 2.24) is 5.09 Å². The lowest BCUT2D eigenvalue weighted by Gasteiger charge is -2.21. The highest BCUT2D eigenvalue weighted by atomic mass is 32.2. The molecular weight excluding hydrogens is 281 g/mol. The highest BCUT2D eigenvalue weighted by Crippen LogP contribution is 2.45. The number of rotatable bonds is 7. The maximum atomic E-state index is 12.5. The smallest absolute Gasteiger partial charge is 0.413 e. The normalized spacial score (nSPS) is 14.4. The largest absolute Gasteiger partial charge is 0.458 e. The van der Waals surface area contributed by atoms with E-state index in [2.05, 4.69) is 5.09 Å². The van der Waals surface area contributed by atoms with Gasteiger partial charge < -0.3 is 4.52 Å². The van der Waals surface area contributed by atoms with Crippen molar-refractivity contribution in [2.75, 3.05) is 12.8 Å². The average molecular weight is 303 g/mol. The van der Waals surface area contributed by atoms with E-state index in [4.69, 9.17) is 9.05 Å². The van der Waals surface area contributed by atoms with Gasteiger partial charge in [-0.05, 0) is 50.8 Å². The maximum absolute atomic E-state index is 12.5. The molecule has 0 fully saturated rings. The Morgan fingerprint density at radius 1 is 1.42 bits per heavy atom. The van der Waals surface area contributed by atoms with Crippen LogP contribution in [0.25, 0.3) is 0 Å². The second kappa shape index (κ2) is 7.34. The van der Waals surface area contributed by atoms with Gasteiger partial charge in [-0.2, -0.15) is 0 Å². The van der Waals surface area contributed by atoms with E-state index in [1.807, 2.05) is 52.1 Å². The van der Waals surface area contributed by atoms with Crippen molar-refractivity contribution in [3.05, 3.63) is 23.8 Å². The molecule has 0 aliphatic carbocycles. The third kappa shape index (κ3) is 5.19. The van der Waals surface area contributed by atoms with Crippen LogP contribution in [-0.2, 0) is 9.09 Å². The molecule has 0 aromatic heterocycles. The minimum Gasteiger partial charge on any atom is -0.413 e. The zero-order valence-corrected chi connectivity index (χ0v) is 13.8. The molecular formula is C13H22NO3PS. The molecule has 19 heavy (non-hydrogen) atoms. The van der Waals surface area contributed by atoms with E-state index >= 15 is 0 Å². The van der Waals surface area contributed by atoms with Crippen LogP contribution in [0.1, 0.15) is 26.3 Å². The summed E-state index contributed by atoms with van der Waals surface area (Å²) >= 11 is 1.67. The molecule has 1 atom stereocenters. The van der Waals surface area contributed by atoms with Crippen molar-refractivity contribution < 1.29 is 13.6 Å². The number of nitrogens with one attached hydrogen (secondary N) is 1. The number of hydrogen-bond acceptors (Lipinski definition) is 4. The molecule has 0 saturated carbocycles. The molecule has 0 radical (unpaired) electrons. The monoisotopic (exact) mass is 303 g/mol. The fraction of sp³-hybridized carbons (Fsp3) is 0.538. The quantitative estimate of drug-likeness (QED) is 0.603. The van der Waals surface area contributed by atoms with E-state index < -0.39 is 7.75 Å². The first-order chi connectivity index (χ1) is 8.90. The van der Waals surface area contributed by atoms with Gasteiger partial charge in [0.1, 0.15) is 5.75 Å². The summed E-state index contributed by atoms with van der Waals surface area (Å²) in [5.41, 5.74) is 1.09. The SMILES string of the molecule is CCNP(=O)(Oc1ccc(SC)c(C)c1)OC(C)C. The molecule has 0 heterocycles. The van der Waals surface area contributed by atoms with Crippen molar-refractivity contribution in [2.45, 2.75) is 38.7 Å². The van der Waals surface area contributed by atoms with E-state index in [1.165, 1.54) is 4.90 Å². The van der Waals surface area contributed by atoms with E-state index in [1.54, 1.807) is 11.8 Å². The molecule has 0 bridgehead atoms. The Morgan fingerprint density at radius 2 is 2.11 bits per heavy atom. The minimum absolute atomic E-state index is 0.170. The standard InChI is InChI=1S/C13H22NO3PS/c1-6-14-18(15,16-10(2)3)17-12-7-8-13(19-5)11(4)9-12/h7-10H,6H2,1-5H3,(H,14,15). The van der Waals surface area contributed by atoms with Crippen molar-refractivity contribution in [3.8, 4) is 5.75 Å². The van der Waals surface area contributed by atoms with Crippen LogP contribution in [0.5, 0.6) is 5.75 Å². The molecule has 0 amide bonds. The van der Waals surface area contributed by atoms with E-state index in [9.17, 15) is 4.57 Å². The van der Waals surface area contributed by atoms with Gasteiger partial charge in [0, 0.05) is 11.4 Å². The van der Waals surface area contributed by atoms with Crippen LogP contribution in [0.3, 0.4) is 0 Å². The van der Waals surface area contributed by atoms with E-state index in [-0.39, 0.29) is 6.10 Å². The fourth-order valence-corrected chi connectivity index (χ4v) is 3.71. The molecule has 4 nitrogen and oxygen atoms in total. The molecule has 1 unspecified atom stereocenters. The van der Waals surface area contributed by atoms with Crippen LogP contribution in [0, 0.1) is 6.92 Å². The third-order valence-corrected chi connectivity index (χ3v) is 5.05. The maximum Gasteiger partial charge on any atom is 0.458 e. The zero-order chi connectivity index (χ0) is 14.5. The lowest BCUT2D eigenvalue weighted by atomic mass is 10.2. The van der Waals surface area contributed by atoms with Crippen LogP contribution in [-0.4, -0.2) is 18.9 Å². The van der Waals surface area contributed by atoms with Gasteiger partial charge in [-0.15, -0.1) is 11.8 Å². The Balaban J connectivity index is 2.90. The average Bonchev–Trinajstić information content (AvgIpc) is 2.27. The molecule has 1 N–H and O–H groups in total. The van der Waals surface area contributed by atoms with Crippen LogP contribution in [0.15, 0.2) is 23.1 Å². The van der Waals surface area contributed by atoms with Crippen molar-refractivity contribution in [2.24, 2.45) is 0 Å². The first kappa shape index (κ1) is 16.6. The van der Waals surface area contributed by atoms with E-state index in [0.717, 1.165) is 5.56 Å². The Hall–Kier alpha value is -0.480. The second-order valence-electron chi connectivity index (χ2n) is 4.39.